The molecule has 17 heteroatoms. The van der Waals surface area contributed by atoms with Crippen molar-refractivity contribution in [3.05, 3.63) is 199 Å². The van der Waals surface area contributed by atoms with Crippen molar-refractivity contribution in [2.24, 2.45) is 0 Å². The van der Waals surface area contributed by atoms with E-state index in [4.69, 9.17) is 0 Å². The SMILES string of the molecule is O=C(Nc1nn[nH]n1)C(Sc1ccccc1)c1ccccc1.O=C(Nc1nn[nH]n1)C(Sc1ccccc1)c1ccccc1.O=C(O)C(Sc1ccccc1)c1ccccc1. The average molecular weight is 867 g/mol. The molecule has 0 saturated carbocycles. The van der Waals surface area contributed by atoms with E-state index in [9.17, 15) is 19.5 Å². The number of aromatic amines is 2. The van der Waals surface area contributed by atoms with Crippen molar-refractivity contribution in [3.63, 3.8) is 0 Å². The van der Waals surface area contributed by atoms with E-state index < -0.39 is 21.7 Å². The van der Waals surface area contributed by atoms with Crippen LogP contribution in [-0.4, -0.2) is 64.1 Å². The summed E-state index contributed by atoms with van der Waals surface area (Å²) in [5.41, 5.74) is 2.64. The molecule has 0 saturated heterocycles. The minimum absolute atomic E-state index is 0.166. The van der Waals surface area contributed by atoms with Crippen molar-refractivity contribution < 1.29 is 19.5 Å². The summed E-state index contributed by atoms with van der Waals surface area (Å²) in [4.78, 5) is 39.4. The smallest absolute Gasteiger partial charge is 0.321 e. The van der Waals surface area contributed by atoms with Crippen molar-refractivity contribution in [2.75, 3.05) is 10.6 Å². The molecular weight excluding hydrogens is 829 g/mol. The number of carboxylic acid groups (broad SMARTS) is 1. The number of hydrogen-bond donors (Lipinski definition) is 5. The molecule has 0 radical (unpaired) electrons. The minimum Gasteiger partial charge on any atom is -0.480 e. The zero-order chi connectivity index (χ0) is 42.5. The summed E-state index contributed by atoms with van der Waals surface area (Å²) in [5.74, 6) is -0.868. The summed E-state index contributed by atoms with van der Waals surface area (Å²) in [5, 5.41) is 39.7. The highest BCUT2D eigenvalue weighted by Crippen LogP contribution is 2.37. The number of amides is 2. The molecule has 14 nitrogen and oxygen atoms in total. The minimum atomic E-state index is -0.815. The lowest BCUT2D eigenvalue weighted by Gasteiger charge is -2.15. The second-order valence-corrected chi connectivity index (χ2v) is 16.0. The number of anilines is 2. The molecular formula is C44H38N10O4S3. The fourth-order valence-electron chi connectivity index (χ4n) is 5.38. The van der Waals surface area contributed by atoms with Crippen molar-refractivity contribution >= 4 is 65.0 Å². The number of nitrogens with zero attached hydrogens (tertiary/aromatic N) is 6. The van der Waals surface area contributed by atoms with E-state index in [1.807, 2.05) is 182 Å². The molecule has 6 aromatic carbocycles. The number of carbonyl (C=O) groups is 3. The van der Waals surface area contributed by atoms with E-state index >= 15 is 0 Å². The van der Waals surface area contributed by atoms with Crippen LogP contribution in [-0.2, 0) is 14.4 Å². The van der Waals surface area contributed by atoms with Gasteiger partial charge in [0.1, 0.15) is 15.7 Å². The standard InChI is InChI=1S/2C15H13N5OS.C14H12O2S/c2*21-14(16-15-17-19-20-18-15)13(11-7-3-1-4-8-11)22-12-9-5-2-6-10-12;15-14(16)13(11-7-3-1-4-8-11)17-12-9-5-2-6-10-12/h2*1-10,13H,(H2,16,17,18,19,20,21);1-10,13H,(H,15,16). The van der Waals surface area contributed by atoms with Gasteiger partial charge in [-0.25, -0.2) is 0 Å². The molecule has 3 unspecified atom stereocenters. The monoisotopic (exact) mass is 866 g/mol. The zero-order valence-electron chi connectivity index (χ0n) is 32.1. The van der Waals surface area contributed by atoms with Crippen LogP contribution in [0.5, 0.6) is 0 Å². The van der Waals surface area contributed by atoms with Crippen molar-refractivity contribution in [2.45, 2.75) is 30.4 Å². The molecule has 0 bridgehead atoms. The Hall–Kier alpha value is -7.08. The van der Waals surface area contributed by atoms with Crippen LogP contribution in [0.2, 0.25) is 0 Å². The van der Waals surface area contributed by atoms with Crippen LogP contribution in [0.3, 0.4) is 0 Å². The molecule has 8 rings (SSSR count). The number of rotatable bonds is 14. The third-order valence-electron chi connectivity index (χ3n) is 8.16. The van der Waals surface area contributed by atoms with E-state index in [1.54, 1.807) is 0 Å². The Balaban J connectivity index is 0.000000155. The lowest BCUT2D eigenvalue weighted by atomic mass is 10.1. The van der Waals surface area contributed by atoms with Gasteiger partial charge in [0.25, 0.3) is 11.9 Å². The average Bonchev–Trinajstić information content (AvgIpc) is 4.04. The Morgan fingerprint density at radius 2 is 0.705 bits per heavy atom. The Morgan fingerprint density at radius 1 is 0.426 bits per heavy atom. The number of benzene rings is 6. The fraction of sp³-hybridized carbons (Fsp3) is 0.0682. The number of aromatic nitrogens is 8. The van der Waals surface area contributed by atoms with Gasteiger partial charge in [0.2, 0.25) is 11.8 Å². The van der Waals surface area contributed by atoms with E-state index in [2.05, 4.69) is 51.9 Å². The van der Waals surface area contributed by atoms with Gasteiger partial charge >= 0.3 is 5.97 Å². The second kappa shape index (κ2) is 23.5. The van der Waals surface area contributed by atoms with Gasteiger partial charge in [0.05, 0.1) is 0 Å². The highest BCUT2D eigenvalue weighted by Gasteiger charge is 2.25. The maximum absolute atomic E-state index is 12.6. The van der Waals surface area contributed by atoms with Crippen LogP contribution in [0.15, 0.2) is 197 Å². The molecule has 61 heavy (non-hydrogen) atoms. The fourth-order valence-corrected chi connectivity index (χ4v) is 8.45. The van der Waals surface area contributed by atoms with Gasteiger partial charge in [-0.15, -0.1) is 45.5 Å². The molecule has 0 fully saturated rings. The van der Waals surface area contributed by atoms with E-state index in [0.29, 0.717) is 0 Å². The van der Waals surface area contributed by atoms with Crippen LogP contribution < -0.4 is 10.6 Å². The summed E-state index contributed by atoms with van der Waals surface area (Å²) in [6.45, 7) is 0. The van der Waals surface area contributed by atoms with Crippen LogP contribution in [0.4, 0.5) is 11.9 Å². The first-order valence-corrected chi connectivity index (χ1v) is 21.2. The highest BCUT2D eigenvalue weighted by atomic mass is 32.2. The van der Waals surface area contributed by atoms with Gasteiger partial charge in [0, 0.05) is 14.7 Å². The number of tetrazole rings is 2. The molecule has 306 valence electrons. The molecule has 0 aliphatic heterocycles. The molecule has 5 N–H and O–H groups in total. The number of hydrogen-bond acceptors (Lipinski definition) is 12. The Bertz CT molecular complexity index is 2350. The second-order valence-electron chi connectivity index (χ2n) is 12.5. The number of carbonyl (C=O) groups excluding carboxylic acids is 2. The van der Waals surface area contributed by atoms with Crippen molar-refractivity contribution in [1.82, 2.24) is 41.2 Å². The number of carboxylic acids is 1. The number of aliphatic carboxylic acids is 1. The lowest BCUT2D eigenvalue weighted by Crippen LogP contribution is -2.19. The Morgan fingerprint density at radius 3 is 0.984 bits per heavy atom. The predicted octanol–water partition coefficient (Wildman–Crippen LogP) is 8.95. The van der Waals surface area contributed by atoms with Crippen LogP contribution in [0, 0.1) is 0 Å². The molecule has 2 aromatic heterocycles. The molecule has 2 amide bonds. The largest absolute Gasteiger partial charge is 0.480 e. The van der Waals surface area contributed by atoms with Gasteiger partial charge < -0.3 is 5.11 Å². The Labute approximate surface area is 363 Å². The van der Waals surface area contributed by atoms with Crippen molar-refractivity contribution in [3.8, 4) is 0 Å². The highest BCUT2D eigenvalue weighted by molar-refractivity contribution is 8.00. The third kappa shape index (κ3) is 14.0. The third-order valence-corrected chi connectivity index (χ3v) is 11.9. The summed E-state index contributed by atoms with van der Waals surface area (Å²) in [6, 6.07) is 57.6. The number of H-pyrrole nitrogens is 2. The van der Waals surface area contributed by atoms with Gasteiger partial charge in [-0.2, -0.15) is 10.4 Å². The van der Waals surface area contributed by atoms with Gasteiger partial charge in [0.15, 0.2) is 0 Å². The zero-order valence-corrected chi connectivity index (χ0v) is 34.6. The quantitative estimate of drug-likeness (QED) is 0.0649. The van der Waals surface area contributed by atoms with Gasteiger partial charge in [-0.1, -0.05) is 156 Å². The van der Waals surface area contributed by atoms with E-state index in [-0.39, 0.29) is 23.7 Å². The molecule has 0 aliphatic rings. The molecule has 3 atom stereocenters. The molecule has 8 aromatic rings. The molecule has 2 heterocycles. The predicted molar refractivity (Wildman–Crippen MR) is 238 cm³/mol. The van der Waals surface area contributed by atoms with E-state index in [1.165, 1.54) is 35.3 Å². The first-order chi connectivity index (χ1) is 29.9. The van der Waals surface area contributed by atoms with Crippen LogP contribution in [0.1, 0.15) is 32.4 Å². The van der Waals surface area contributed by atoms with Crippen LogP contribution >= 0.6 is 35.3 Å². The van der Waals surface area contributed by atoms with Gasteiger partial charge in [-0.05, 0) is 63.5 Å². The topological polar surface area (TPSA) is 204 Å². The summed E-state index contributed by atoms with van der Waals surface area (Å²) >= 11 is 4.30. The van der Waals surface area contributed by atoms with Crippen LogP contribution in [0.25, 0.3) is 0 Å². The summed E-state index contributed by atoms with van der Waals surface area (Å²) in [6.07, 6.45) is 0. The summed E-state index contributed by atoms with van der Waals surface area (Å²) < 4.78 is 0. The first kappa shape index (κ1) is 43.5. The maximum atomic E-state index is 12.6. The van der Waals surface area contributed by atoms with Gasteiger partial charge in [-0.3, -0.25) is 25.0 Å². The lowest BCUT2D eigenvalue weighted by molar-refractivity contribution is -0.136. The molecule has 0 spiro atoms. The number of thioether (sulfide) groups is 3. The summed E-state index contributed by atoms with van der Waals surface area (Å²) in [7, 11) is 0. The van der Waals surface area contributed by atoms with E-state index in [0.717, 1.165) is 31.4 Å². The van der Waals surface area contributed by atoms with Crippen molar-refractivity contribution in [1.29, 1.82) is 0 Å². The maximum Gasteiger partial charge on any atom is 0.321 e. The molecule has 0 aliphatic carbocycles. The Kier molecular flexibility index (Phi) is 16.8. The normalized spacial score (nSPS) is 11.9. The first-order valence-electron chi connectivity index (χ1n) is 18.5. The number of nitrogens with one attached hydrogen (secondary N) is 4.